The number of benzene rings is 1. The van der Waals surface area contributed by atoms with Crippen LogP contribution in [0.25, 0.3) is 0 Å². The maximum Gasteiger partial charge on any atom is 0.0694 e. The second-order valence-electron chi connectivity index (χ2n) is 3.93. The molecule has 1 rings (SSSR count). The molecular formula is C14H21N3O. The third-order valence-corrected chi connectivity index (χ3v) is 2.59. The summed E-state index contributed by atoms with van der Waals surface area (Å²) in [6, 6.07) is 8.11. The zero-order valence-electron chi connectivity index (χ0n) is 11.0. The molecule has 0 aliphatic carbocycles. The lowest BCUT2D eigenvalue weighted by atomic mass is 10.0. The molecule has 0 spiro atoms. The molecule has 1 unspecified atom stereocenters. The van der Waals surface area contributed by atoms with Gasteiger partial charge < -0.3 is 4.84 Å². The number of nitrogens with one attached hydrogen (secondary N) is 3. The molecule has 18 heavy (non-hydrogen) atoms. The normalized spacial score (nSPS) is 12.1. The van der Waals surface area contributed by atoms with Crippen LogP contribution in [-0.2, 0) is 4.84 Å². The predicted molar refractivity (Wildman–Crippen MR) is 73.6 cm³/mol. The van der Waals surface area contributed by atoms with Crippen LogP contribution in [0.4, 0.5) is 0 Å². The van der Waals surface area contributed by atoms with Gasteiger partial charge in [-0.3, -0.25) is 10.9 Å². The van der Waals surface area contributed by atoms with E-state index in [0.717, 1.165) is 24.1 Å². The third kappa shape index (κ3) is 4.86. The van der Waals surface area contributed by atoms with E-state index in [-0.39, 0.29) is 6.04 Å². The van der Waals surface area contributed by atoms with E-state index in [4.69, 9.17) is 11.3 Å². The van der Waals surface area contributed by atoms with Crippen molar-refractivity contribution in [2.45, 2.75) is 19.4 Å². The first-order chi connectivity index (χ1) is 8.79. The summed E-state index contributed by atoms with van der Waals surface area (Å²) in [5.41, 5.74) is 11.1. The van der Waals surface area contributed by atoms with Crippen LogP contribution in [0.5, 0.6) is 0 Å². The molecular weight excluding hydrogens is 226 g/mol. The van der Waals surface area contributed by atoms with E-state index in [1.807, 2.05) is 24.3 Å². The summed E-state index contributed by atoms with van der Waals surface area (Å²) < 4.78 is 0. The van der Waals surface area contributed by atoms with Crippen molar-refractivity contribution in [3.8, 4) is 12.3 Å². The molecule has 1 atom stereocenters. The summed E-state index contributed by atoms with van der Waals surface area (Å²) in [6.45, 7) is 3.60. The monoisotopic (exact) mass is 247 g/mol. The lowest BCUT2D eigenvalue weighted by Crippen LogP contribution is -2.35. The highest BCUT2D eigenvalue weighted by atomic mass is 16.6. The highest BCUT2D eigenvalue weighted by Crippen LogP contribution is 2.15. The molecule has 1 aromatic carbocycles. The Balaban J connectivity index is 2.32. The average molecular weight is 247 g/mol. The summed E-state index contributed by atoms with van der Waals surface area (Å²) >= 11 is 0. The maximum atomic E-state index is 5.48. The molecule has 3 N–H and O–H groups in total. The van der Waals surface area contributed by atoms with Crippen molar-refractivity contribution < 1.29 is 4.84 Å². The van der Waals surface area contributed by atoms with Crippen LogP contribution in [0.1, 0.15) is 30.5 Å². The zero-order chi connectivity index (χ0) is 13.2. The molecule has 1 aromatic rings. The quantitative estimate of drug-likeness (QED) is 0.369. The van der Waals surface area contributed by atoms with Crippen molar-refractivity contribution in [2.24, 2.45) is 0 Å². The number of rotatable bonds is 8. The largest absolute Gasteiger partial charge is 0.302 e. The molecule has 98 valence electrons. The molecule has 0 radical (unpaired) electrons. The molecule has 0 saturated heterocycles. The van der Waals surface area contributed by atoms with Gasteiger partial charge in [0.25, 0.3) is 0 Å². The Labute approximate surface area is 109 Å². The summed E-state index contributed by atoms with van der Waals surface area (Å²) in [5, 5.41) is 0. The van der Waals surface area contributed by atoms with Gasteiger partial charge in [0.05, 0.1) is 6.61 Å². The Bertz CT molecular complexity index is 387. The van der Waals surface area contributed by atoms with Gasteiger partial charge in [0, 0.05) is 25.2 Å². The van der Waals surface area contributed by atoms with Crippen LogP contribution in [0.3, 0.4) is 0 Å². The molecule has 0 aromatic heterocycles. The van der Waals surface area contributed by atoms with Gasteiger partial charge in [0.15, 0.2) is 0 Å². The summed E-state index contributed by atoms with van der Waals surface area (Å²) in [6.07, 6.45) is 6.40. The van der Waals surface area contributed by atoms with Crippen molar-refractivity contribution in [1.82, 2.24) is 16.3 Å². The first kappa shape index (κ1) is 14.7. The van der Waals surface area contributed by atoms with Gasteiger partial charge in [-0.15, -0.1) is 6.42 Å². The molecule has 0 bridgehead atoms. The molecule has 4 heteroatoms. The van der Waals surface area contributed by atoms with Crippen molar-refractivity contribution in [3.63, 3.8) is 0 Å². The first-order valence-corrected chi connectivity index (χ1v) is 6.12. The third-order valence-electron chi connectivity index (χ3n) is 2.59. The van der Waals surface area contributed by atoms with Crippen LogP contribution in [0, 0.1) is 12.3 Å². The van der Waals surface area contributed by atoms with E-state index in [1.165, 1.54) is 0 Å². The Morgan fingerprint density at radius 2 is 2.17 bits per heavy atom. The number of terminal acetylenes is 1. The smallest absolute Gasteiger partial charge is 0.0694 e. The molecule has 0 aliphatic heterocycles. The van der Waals surface area contributed by atoms with E-state index in [2.05, 4.69) is 29.2 Å². The van der Waals surface area contributed by atoms with E-state index in [0.29, 0.717) is 6.61 Å². The number of hydroxylamine groups is 1. The Hall–Kier alpha value is -1.38. The molecule has 0 aliphatic rings. The van der Waals surface area contributed by atoms with Crippen molar-refractivity contribution >= 4 is 0 Å². The van der Waals surface area contributed by atoms with E-state index in [9.17, 15) is 0 Å². The second-order valence-corrected chi connectivity index (χ2v) is 3.93. The first-order valence-electron chi connectivity index (χ1n) is 6.12. The minimum absolute atomic E-state index is 0.169. The molecule has 0 amide bonds. The minimum atomic E-state index is 0.169. The van der Waals surface area contributed by atoms with Crippen LogP contribution < -0.4 is 16.3 Å². The number of hydrazine groups is 1. The topological polar surface area (TPSA) is 45.3 Å². The van der Waals surface area contributed by atoms with Crippen molar-refractivity contribution in [3.05, 3.63) is 35.4 Å². The Kier molecular flexibility index (Phi) is 7.07. The second kappa shape index (κ2) is 8.67. The van der Waals surface area contributed by atoms with Crippen molar-refractivity contribution in [2.75, 3.05) is 20.2 Å². The van der Waals surface area contributed by atoms with E-state index in [1.54, 1.807) is 7.05 Å². The Morgan fingerprint density at radius 1 is 1.39 bits per heavy atom. The van der Waals surface area contributed by atoms with Gasteiger partial charge in [0.1, 0.15) is 0 Å². The standard InChI is InChI=1S/C14H21N3O/c1-4-13-8-5-6-9-14(13)12(2)17-16-10-7-11-18-15-3/h1,5-6,8-9,12,15-17H,7,10-11H2,2-3H3. The highest BCUT2D eigenvalue weighted by molar-refractivity contribution is 5.41. The highest BCUT2D eigenvalue weighted by Gasteiger charge is 2.07. The van der Waals surface area contributed by atoms with Gasteiger partial charge in [-0.1, -0.05) is 24.1 Å². The Morgan fingerprint density at radius 3 is 2.89 bits per heavy atom. The van der Waals surface area contributed by atoms with Gasteiger partial charge in [0.2, 0.25) is 0 Å². The lowest BCUT2D eigenvalue weighted by molar-refractivity contribution is 0.0558. The van der Waals surface area contributed by atoms with Crippen LogP contribution in [-0.4, -0.2) is 20.2 Å². The van der Waals surface area contributed by atoms with Crippen LogP contribution in [0.15, 0.2) is 24.3 Å². The van der Waals surface area contributed by atoms with Crippen LogP contribution in [0.2, 0.25) is 0 Å². The van der Waals surface area contributed by atoms with Gasteiger partial charge in [-0.05, 0) is 25.0 Å². The minimum Gasteiger partial charge on any atom is -0.302 e. The maximum absolute atomic E-state index is 5.48. The SMILES string of the molecule is C#Cc1ccccc1C(C)NNCCCONC. The fourth-order valence-corrected chi connectivity index (χ4v) is 1.64. The fourth-order valence-electron chi connectivity index (χ4n) is 1.64. The zero-order valence-corrected chi connectivity index (χ0v) is 11.0. The van der Waals surface area contributed by atoms with Gasteiger partial charge in [-0.2, -0.15) is 0 Å². The molecule has 0 fully saturated rings. The van der Waals surface area contributed by atoms with Gasteiger partial charge in [-0.25, -0.2) is 5.48 Å². The lowest BCUT2D eigenvalue weighted by Gasteiger charge is -2.16. The average Bonchev–Trinajstić information content (AvgIpc) is 2.42. The van der Waals surface area contributed by atoms with E-state index < -0.39 is 0 Å². The van der Waals surface area contributed by atoms with Crippen molar-refractivity contribution in [1.29, 1.82) is 0 Å². The van der Waals surface area contributed by atoms with E-state index >= 15 is 0 Å². The number of hydrogen-bond acceptors (Lipinski definition) is 4. The number of hydrogen-bond donors (Lipinski definition) is 3. The predicted octanol–water partition coefficient (Wildman–Crippen LogP) is 1.36. The summed E-state index contributed by atoms with van der Waals surface area (Å²) in [4.78, 5) is 5.02. The summed E-state index contributed by atoms with van der Waals surface area (Å²) in [7, 11) is 1.75. The molecule has 4 nitrogen and oxygen atoms in total. The summed E-state index contributed by atoms with van der Waals surface area (Å²) in [5.74, 6) is 2.70. The van der Waals surface area contributed by atoms with Gasteiger partial charge >= 0.3 is 0 Å². The molecule has 0 saturated carbocycles. The molecule has 0 heterocycles. The fraction of sp³-hybridized carbons (Fsp3) is 0.429. The van der Waals surface area contributed by atoms with Crippen LogP contribution >= 0.6 is 0 Å².